The largest absolute Gasteiger partial charge is 0.469 e. The van der Waals surface area contributed by atoms with Crippen LogP contribution in [0, 0.1) is 6.92 Å². The molecule has 1 heterocycles. The monoisotopic (exact) mass is 280 g/mol. The molecule has 1 N–H and O–H groups in total. The van der Waals surface area contributed by atoms with E-state index in [0.29, 0.717) is 6.42 Å². The summed E-state index contributed by atoms with van der Waals surface area (Å²) in [5.74, 6) is 0.792. The Hall–Kier alpha value is -1.06. The van der Waals surface area contributed by atoms with Crippen molar-refractivity contribution in [2.45, 2.75) is 19.4 Å². The Morgan fingerprint density at radius 2 is 2.19 bits per heavy atom. The summed E-state index contributed by atoms with van der Waals surface area (Å²) in [4.78, 5) is 0. The molecule has 1 unspecified atom stereocenters. The van der Waals surface area contributed by atoms with E-state index in [4.69, 9.17) is 4.42 Å². The van der Waals surface area contributed by atoms with Gasteiger partial charge < -0.3 is 9.52 Å². The van der Waals surface area contributed by atoms with Crippen molar-refractivity contribution < 1.29 is 9.52 Å². The summed E-state index contributed by atoms with van der Waals surface area (Å²) >= 11 is 3.46. The third kappa shape index (κ3) is 2.54. The molecule has 1 aromatic carbocycles. The molecular weight excluding hydrogens is 268 g/mol. The minimum atomic E-state index is -0.541. The van der Waals surface area contributed by atoms with Crippen LogP contribution >= 0.6 is 15.9 Å². The summed E-state index contributed by atoms with van der Waals surface area (Å²) in [6.45, 7) is 2.02. The van der Waals surface area contributed by atoms with Crippen LogP contribution in [-0.2, 0) is 6.42 Å². The lowest BCUT2D eigenvalue weighted by Gasteiger charge is -2.12. The van der Waals surface area contributed by atoms with Gasteiger partial charge in [-0.05, 0) is 36.2 Å². The molecular formula is C13H13BrO2. The van der Waals surface area contributed by atoms with Gasteiger partial charge in [-0.3, -0.25) is 0 Å². The molecule has 2 nitrogen and oxygen atoms in total. The van der Waals surface area contributed by atoms with Crippen LogP contribution in [0.2, 0.25) is 0 Å². The van der Waals surface area contributed by atoms with Gasteiger partial charge in [-0.2, -0.15) is 0 Å². The van der Waals surface area contributed by atoms with Gasteiger partial charge in [0, 0.05) is 10.9 Å². The zero-order chi connectivity index (χ0) is 11.5. The fourth-order valence-corrected chi connectivity index (χ4v) is 2.39. The molecule has 0 radical (unpaired) electrons. The van der Waals surface area contributed by atoms with Crippen molar-refractivity contribution in [1.29, 1.82) is 0 Å². The Bertz CT molecular complexity index is 463. The van der Waals surface area contributed by atoms with Crippen molar-refractivity contribution in [1.82, 2.24) is 0 Å². The van der Waals surface area contributed by atoms with Gasteiger partial charge in [0.25, 0.3) is 0 Å². The van der Waals surface area contributed by atoms with E-state index in [9.17, 15) is 5.11 Å². The normalized spacial score (nSPS) is 12.7. The van der Waals surface area contributed by atoms with Crippen LogP contribution in [0.5, 0.6) is 0 Å². The van der Waals surface area contributed by atoms with Crippen LogP contribution < -0.4 is 0 Å². The lowest BCUT2D eigenvalue weighted by molar-refractivity contribution is 0.170. The first-order valence-electron chi connectivity index (χ1n) is 5.13. The number of hydrogen-bond acceptors (Lipinski definition) is 2. The number of aryl methyl sites for hydroxylation is 1. The zero-order valence-electron chi connectivity index (χ0n) is 8.98. The molecule has 1 aromatic heterocycles. The first kappa shape index (κ1) is 11.4. The van der Waals surface area contributed by atoms with Gasteiger partial charge in [0.2, 0.25) is 0 Å². The van der Waals surface area contributed by atoms with Crippen LogP contribution in [0.1, 0.15) is 23.0 Å². The van der Waals surface area contributed by atoms with Gasteiger partial charge in [-0.1, -0.05) is 28.1 Å². The van der Waals surface area contributed by atoms with Gasteiger partial charge in [-0.15, -0.1) is 0 Å². The molecule has 0 spiro atoms. The molecule has 3 heteroatoms. The van der Waals surface area contributed by atoms with Crippen molar-refractivity contribution in [2.75, 3.05) is 0 Å². The van der Waals surface area contributed by atoms with Gasteiger partial charge in [-0.25, -0.2) is 0 Å². The zero-order valence-corrected chi connectivity index (χ0v) is 10.6. The number of halogens is 1. The van der Waals surface area contributed by atoms with Crippen molar-refractivity contribution in [2.24, 2.45) is 0 Å². The van der Waals surface area contributed by atoms with Gasteiger partial charge in [0.15, 0.2) is 0 Å². The third-order valence-electron chi connectivity index (χ3n) is 2.49. The molecule has 0 aliphatic carbocycles. The first-order valence-corrected chi connectivity index (χ1v) is 5.92. The maximum absolute atomic E-state index is 10.1. The molecule has 0 amide bonds. The second-order valence-corrected chi connectivity index (χ2v) is 4.68. The Morgan fingerprint density at radius 1 is 1.38 bits per heavy atom. The van der Waals surface area contributed by atoms with E-state index in [1.54, 1.807) is 6.26 Å². The summed E-state index contributed by atoms with van der Waals surface area (Å²) < 4.78 is 6.15. The first-order chi connectivity index (χ1) is 7.66. The minimum absolute atomic E-state index is 0.495. The number of hydrogen-bond donors (Lipinski definition) is 1. The van der Waals surface area contributed by atoms with E-state index in [2.05, 4.69) is 15.9 Å². The lowest BCUT2D eigenvalue weighted by Crippen LogP contribution is -2.02. The SMILES string of the molecule is Cc1ccc(C(O)Cc2ccco2)c(Br)c1. The predicted octanol–water partition coefficient (Wildman–Crippen LogP) is 3.63. The number of rotatable bonds is 3. The van der Waals surface area contributed by atoms with E-state index in [1.807, 2.05) is 37.3 Å². The standard InChI is InChI=1S/C13H13BrO2/c1-9-4-5-11(12(14)7-9)13(15)8-10-3-2-6-16-10/h2-7,13,15H,8H2,1H3. The van der Waals surface area contributed by atoms with E-state index in [0.717, 1.165) is 15.8 Å². The molecule has 0 bridgehead atoms. The Balaban J connectivity index is 2.17. The Morgan fingerprint density at radius 3 is 2.81 bits per heavy atom. The second-order valence-electron chi connectivity index (χ2n) is 3.82. The van der Waals surface area contributed by atoms with Gasteiger partial charge in [0.1, 0.15) is 5.76 Å². The van der Waals surface area contributed by atoms with Crippen molar-refractivity contribution >= 4 is 15.9 Å². The van der Waals surface area contributed by atoms with Crippen molar-refractivity contribution in [3.8, 4) is 0 Å². The Labute approximate surface area is 103 Å². The van der Waals surface area contributed by atoms with Crippen LogP contribution in [-0.4, -0.2) is 5.11 Å². The highest BCUT2D eigenvalue weighted by Gasteiger charge is 2.13. The average Bonchev–Trinajstić information content (AvgIpc) is 2.70. The number of aliphatic hydroxyl groups excluding tert-OH is 1. The number of benzene rings is 1. The highest BCUT2D eigenvalue weighted by Crippen LogP contribution is 2.27. The molecule has 0 saturated heterocycles. The van der Waals surface area contributed by atoms with Crippen LogP contribution in [0.3, 0.4) is 0 Å². The molecule has 1 atom stereocenters. The molecule has 2 rings (SSSR count). The molecule has 0 aliphatic heterocycles. The minimum Gasteiger partial charge on any atom is -0.469 e. The quantitative estimate of drug-likeness (QED) is 0.932. The van der Waals surface area contributed by atoms with Crippen molar-refractivity contribution in [3.05, 3.63) is 58.0 Å². The number of aliphatic hydroxyl groups is 1. The average molecular weight is 281 g/mol. The topological polar surface area (TPSA) is 33.4 Å². The van der Waals surface area contributed by atoms with Gasteiger partial charge in [0.05, 0.1) is 12.4 Å². The summed E-state index contributed by atoms with van der Waals surface area (Å²) in [5.41, 5.74) is 2.06. The van der Waals surface area contributed by atoms with E-state index < -0.39 is 6.10 Å². The molecule has 0 fully saturated rings. The van der Waals surface area contributed by atoms with E-state index in [-0.39, 0.29) is 0 Å². The highest BCUT2D eigenvalue weighted by molar-refractivity contribution is 9.10. The summed E-state index contributed by atoms with van der Waals surface area (Å²) in [5, 5.41) is 10.1. The summed E-state index contributed by atoms with van der Waals surface area (Å²) in [6, 6.07) is 9.62. The molecule has 0 saturated carbocycles. The predicted molar refractivity (Wildman–Crippen MR) is 66.3 cm³/mol. The summed E-state index contributed by atoms with van der Waals surface area (Å²) in [6.07, 6.45) is 1.57. The fourth-order valence-electron chi connectivity index (χ4n) is 1.63. The van der Waals surface area contributed by atoms with Crippen LogP contribution in [0.4, 0.5) is 0 Å². The van der Waals surface area contributed by atoms with Crippen LogP contribution in [0.15, 0.2) is 45.5 Å². The second kappa shape index (κ2) is 4.85. The van der Waals surface area contributed by atoms with Crippen molar-refractivity contribution in [3.63, 3.8) is 0 Å². The third-order valence-corrected chi connectivity index (χ3v) is 3.18. The highest BCUT2D eigenvalue weighted by atomic mass is 79.9. The molecule has 2 aromatic rings. The maximum atomic E-state index is 10.1. The summed E-state index contributed by atoms with van der Waals surface area (Å²) in [7, 11) is 0. The van der Waals surface area contributed by atoms with E-state index >= 15 is 0 Å². The smallest absolute Gasteiger partial charge is 0.106 e. The number of furan rings is 1. The molecule has 84 valence electrons. The fraction of sp³-hybridized carbons (Fsp3) is 0.231. The van der Waals surface area contributed by atoms with Gasteiger partial charge >= 0.3 is 0 Å². The molecule has 0 aliphatic rings. The molecule has 16 heavy (non-hydrogen) atoms. The van der Waals surface area contributed by atoms with E-state index in [1.165, 1.54) is 5.56 Å². The maximum Gasteiger partial charge on any atom is 0.106 e. The van der Waals surface area contributed by atoms with Crippen LogP contribution in [0.25, 0.3) is 0 Å². The lowest BCUT2D eigenvalue weighted by atomic mass is 10.0. The Kier molecular flexibility index (Phi) is 3.46.